The van der Waals surface area contributed by atoms with Gasteiger partial charge in [-0.1, -0.05) is 0 Å². The zero-order valence-corrected chi connectivity index (χ0v) is 13.4. The maximum atomic E-state index is 11.5. The van der Waals surface area contributed by atoms with Gasteiger partial charge in [0.1, 0.15) is 6.33 Å². The molecule has 0 saturated carbocycles. The first-order valence-electron chi connectivity index (χ1n) is 7.26. The predicted octanol–water partition coefficient (Wildman–Crippen LogP) is -1.21. The lowest BCUT2D eigenvalue weighted by Gasteiger charge is -2.33. The summed E-state index contributed by atoms with van der Waals surface area (Å²) in [5.74, 6) is 1.25. The monoisotopic (exact) mass is 328 g/mol. The molecule has 0 atom stereocenters. The van der Waals surface area contributed by atoms with E-state index in [1.54, 1.807) is 0 Å². The minimum absolute atomic E-state index is 0.456. The summed E-state index contributed by atoms with van der Waals surface area (Å²) in [6.07, 6.45) is 2.75. The molecule has 0 aromatic carbocycles. The third-order valence-electron chi connectivity index (χ3n) is 3.83. The molecule has 2 fully saturated rings. The Hall–Kier alpha value is -1.52. The third kappa shape index (κ3) is 3.45. The van der Waals surface area contributed by atoms with Gasteiger partial charge in [-0.3, -0.25) is 0 Å². The van der Waals surface area contributed by atoms with E-state index in [4.69, 9.17) is 4.74 Å². The van der Waals surface area contributed by atoms with Crippen LogP contribution in [0.1, 0.15) is 0 Å². The van der Waals surface area contributed by atoms with Gasteiger partial charge in [0.15, 0.2) is 0 Å². The molecule has 2 aliphatic rings. The minimum Gasteiger partial charge on any atom is -0.378 e. The molecule has 0 unspecified atom stereocenters. The first-order chi connectivity index (χ1) is 10.5. The SMILES string of the molecule is CS(=O)(=O)N1CCN(c2ncnc(N3CCOCC3)n2)CC1. The van der Waals surface area contributed by atoms with Gasteiger partial charge in [0.05, 0.1) is 19.5 Å². The van der Waals surface area contributed by atoms with Crippen LogP contribution in [-0.2, 0) is 14.8 Å². The highest BCUT2D eigenvalue weighted by atomic mass is 32.2. The fraction of sp³-hybridized carbons (Fsp3) is 0.750. The second-order valence-electron chi connectivity index (χ2n) is 5.33. The van der Waals surface area contributed by atoms with Crippen molar-refractivity contribution < 1.29 is 13.2 Å². The van der Waals surface area contributed by atoms with Crippen LogP contribution in [-0.4, -0.2) is 86.4 Å². The van der Waals surface area contributed by atoms with Crippen molar-refractivity contribution in [1.29, 1.82) is 0 Å². The van der Waals surface area contributed by atoms with Crippen molar-refractivity contribution in [3.63, 3.8) is 0 Å². The molecule has 1 aromatic rings. The van der Waals surface area contributed by atoms with Gasteiger partial charge in [-0.25, -0.2) is 18.4 Å². The molecule has 3 heterocycles. The molecule has 0 aliphatic carbocycles. The number of hydrogen-bond donors (Lipinski definition) is 0. The molecule has 0 radical (unpaired) electrons. The Balaban J connectivity index is 1.68. The zero-order valence-electron chi connectivity index (χ0n) is 12.6. The van der Waals surface area contributed by atoms with Crippen LogP contribution in [0.2, 0.25) is 0 Å². The molecule has 2 aliphatic heterocycles. The number of sulfonamides is 1. The molecule has 10 heteroatoms. The van der Waals surface area contributed by atoms with E-state index in [0.717, 1.165) is 13.1 Å². The van der Waals surface area contributed by atoms with Crippen LogP contribution in [0.25, 0.3) is 0 Å². The Morgan fingerprint density at radius 2 is 1.50 bits per heavy atom. The van der Waals surface area contributed by atoms with Crippen molar-refractivity contribution in [2.75, 3.05) is 68.5 Å². The molecular weight excluding hydrogens is 308 g/mol. The van der Waals surface area contributed by atoms with Gasteiger partial charge in [-0.2, -0.15) is 9.29 Å². The molecular formula is C12H20N6O3S. The lowest BCUT2D eigenvalue weighted by Crippen LogP contribution is -2.49. The average Bonchev–Trinajstić information content (AvgIpc) is 2.55. The number of aromatic nitrogens is 3. The maximum Gasteiger partial charge on any atom is 0.230 e. The van der Waals surface area contributed by atoms with E-state index in [-0.39, 0.29) is 0 Å². The number of nitrogens with zero attached hydrogens (tertiary/aromatic N) is 6. The standard InChI is InChI=1S/C12H20N6O3S/c1-22(19,20)18-4-2-16(3-5-18)11-13-10-14-12(15-11)17-6-8-21-9-7-17/h10H,2-9H2,1H3. The predicted molar refractivity (Wildman–Crippen MR) is 81.5 cm³/mol. The van der Waals surface area contributed by atoms with E-state index in [0.29, 0.717) is 51.3 Å². The number of morpholine rings is 1. The second kappa shape index (κ2) is 6.31. The highest BCUT2D eigenvalue weighted by molar-refractivity contribution is 7.88. The van der Waals surface area contributed by atoms with Gasteiger partial charge in [0, 0.05) is 39.3 Å². The number of piperazine rings is 1. The molecule has 0 N–H and O–H groups in total. The normalized spacial score (nSPS) is 21.1. The van der Waals surface area contributed by atoms with Gasteiger partial charge < -0.3 is 14.5 Å². The molecule has 122 valence electrons. The lowest BCUT2D eigenvalue weighted by molar-refractivity contribution is 0.122. The van der Waals surface area contributed by atoms with Crippen molar-refractivity contribution in [3.8, 4) is 0 Å². The summed E-state index contributed by atoms with van der Waals surface area (Å²) in [4.78, 5) is 17.0. The Morgan fingerprint density at radius 3 is 2.05 bits per heavy atom. The molecule has 0 bridgehead atoms. The van der Waals surface area contributed by atoms with Crippen molar-refractivity contribution in [2.24, 2.45) is 0 Å². The summed E-state index contributed by atoms with van der Waals surface area (Å²) in [7, 11) is -3.13. The van der Waals surface area contributed by atoms with Crippen molar-refractivity contribution in [3.05, 3.63) is 6.33 Å². The largest absolute Gasteiger partial charge is 0.378 e. The summed E-state index contributed by atoms with van der Waals surface area (Å²) < 4.78 is 29.9. The molecule has 2 saturated heterocycles. The number of hydrogen-bond acceptors (Lipinski definition) is 8. The minimum atomic E-state index is -3.13. The Kier molecular flexibility index (Phi) is 4.41. The Morgan fingerprint density at radius 1 is 0.955 bits per heavy atom. The van der Waals surface area contributed by atoms with Gasteiger partial charge in [0.2, 0.25) is 21.9 Å². The Labute approximate surface area is 130 Å². The molecule has 22 heavy (non-hydrogen) atoms. The highest BCUT2D eigenvalue weighted by Gasteiger charge is 2.25. The first kappa shape index (κ1) is 15.4. The van der Waals surface area contributed by atoms with Crippen molar-refractivity contribution >= 4 is 21.9 Å². The summed E-state index contributed by atoms with van der Waals surface area (Å²) in [5, 5.41) is 0. The van der Waals surface area contributed by atoms with Crippen LogP contribution in [0.4, 0.5) is 11.9 Å². The van der Waals surface area contributed by atoms with Crippen LogP contribution in [0.5, 0.6) is 0 Å². The van der Waals surface area contributed by atoms with Gasteiger partial charge in [-0.15, -0.1) is 0 Å². The molecule has 0 spiro atoms. The molecule has 1 aromatic heterocycles. The molecule has 3 rings (SSSR count). The number of anilines is 2. The maximum absolute atomic E-state index is 11.5. The smallest absolute Gasteiger partial charge is 0.230 e. The fourth-order valence-corrected chi connectivity index (χ4v) is 3.39. The van der Waals surface area contributed by atoms with E-state index in [1.807, 2.05) is 4.90 Å². The van der Waals surface area contributed by atoms with Crippen LogP contribution in [0, 0.1) is 0 Å². The highest BCUT2D eigenvalue weighted by Crippen LogP contribution is 2.16. The molecule has 0 amide bonds. The molecule has 9 nitrogen and oxygen atoms in total. The summed E-state index contributed by atoms with van der Waals surface area (Å²) >= 11 is 0. The van der Waals surface area contributed by atoms with Crippen LogP contribution >= 0.6 is 0 Å². The zero-order chi connectivity index (χ0) is 15.6. The van der Waals surface area contributed by atoms with E-state index in [1.165, 1.54) is 16.9 Å². The summed E-state index contributed by atoms with van der Waals surface area (Å²) in [6.45, 7) is 4.97. The van der Waals surface area contributed by atoms with Crippen LogP contribution in [0.15, 0.2) is 6.33 Å². The van der Waals surface area contributed by atoms with E-state index in [9.17, 15) is 8.42 Å². The third-order valence-corrected chi connectivity index (χ3v) is 5.13. The topological polar surface area (TPSA) is 91.8 Å². The average molecular weight is 328 g/mol. The van der Waals surface area contributed by atoms with Gasteiger partial charge in [0.25, 0.3) is 0 Å². The Bertz CT molecular complexity index is 611. The second-order valence-corrected chi connectivity index (χ2v) is 7.32. The lowest BCUT2D eigenvalue weighted by atomic mass is 10.4. The van der Waals surface area contributed by atoms with Gasteiger partial charge in [-0.05, 0) is 0 Å². The van der Waals surface area contributed by atoms with Crippen molar-refractivity contribution in [1.82, 2.24) is 19.3 Å². The van der Waals surface area contributed by atoms with E-state index < -0.39 is 10.0 Å². The first-order valence-corrected chi connectivity index (χ1v) is 9.11. The summed E-state index contributed by atoms with van der Waals surface area (Å²) in [6, 6.07) is 0. The van der Waals surface area contributed by atoms with Gasteiger partial charge >= 0.3 is 0 Å². The quantitative estimate of drug-likeness (QED) is 0.682. The van der Waals surface area contributed by atoms with E-state index >= 15 is 0 Å². The fourth-order valence-electron chi connectivity index (χ4n) is 2.57. The van der Waals surface area contributed by atoms with E-state index in [2.05, 4.69) is 19.9 Å². The summed E-state index contributed by atoms with van der Waals surface area (Å²) in [5.41, 5.74) is 0. The number of ether oxygens (including phenoxy) is 1. The van der Waals surface area contributed by atoms with Crippen molar-refractivity contribution in [2.45, 2.75) is 0 Å². The van der Waals surface area contributed by atoms with Crippen LogP contribution < -0.4 is 9.80 Å². The number of rotatable bonds is 3. The van der Waals surface area contributed by atoms with Crippen LogP contribution in [0.3, 0.4) is 0 Å².